The number of nitrogens with one attached hydrogen (secondary N) is 2. The van der Waals surface area contributed by atoms with Crippen molar-refractivity contribution in [1.29, 1.82) is 0 Å². The number of amides is 3. The van der Waals surface area contributed by atoms with Crippen molar-refractivity contribution in [2.24, 2.45) is 0 Å². The van der Waals surface area contributed by atoms with Crippen molar-refractivity contribution in [3.8, 4) is 11.5 Å². The molecule has 3 amide bonds. The minimum Gasteiger partial charge on any atom is -0.493 e. The van der Waals surface area contributed by atoms with Gasteiger partial charge in [0.2, 0.25) is 11.8 Å². The number of aryl methyl sites for hydroxylation is 2. The first-order valence-corrected chi connectivity index (χ1v) is 11.1. The number of carbonyl (C=O) groups is 3. The lowest BCUT2D eigenvalue weighted by Gasteiger charge is -2.36. The molecule has 8 nitrogen and oxygen atoms in total. The Morgan fingerprint density at radius 1 is 0.943 bits per heavy atom. The number of nitrogens with zero attached hydrogens (tertiary/aromatic N) is 1. The molecule has 8 heteroatoms. The third-order valence-electron chi connectivity index (χ3n) is 6.05. The Bertz CT molecular complexity index is 1300. The number of fused-ring (bicyclic) bond motifs is 1. The highest BCUT2D eigenvalue weighted by atomic mass is 16.5. The molecule has 3 aromatic carbocycles. The summed E-state index contributed by atoms with van der Waals surface area (Å²) in [7, 11) is 2.99. The van der Waals surface area contributed by atoms with Gasteiger partial charge in [-0.25, -0.2) is 0 Å². The van der Waals surface area contributed by atoms with E-state index in [0.29, 0.717) is 34.1 Å². The van der Waals surface area contributed by atoms with E-state index in [1.165, 1.54) is 19.1 Å². The molecular weight excluding hydrogens is 446 g/mol. The summed E-state index contributed by atoms with van der Waals surface area (Å²) in [5, 5.41) is 5.66. The summed E-state index contributed by atoms with van der Waals surface area (Å²) in [4.78, 5) is 41.1. The lowest BCUT2D eigenvalue weighted by Crippen LogP contribution is -2.52. The maximum atomic E-state index is 13.7. The highest BCUT2D eigenvalue weighted by Gasteiger charge is 2.38. The summed E-state index contributed by atoms with van der Waals surface area (Å²) < 4.78 is 10.6. The Hall–Kier alpha value is -4.33. The van der Waals surface area contributed by atoms with E-state index >= 15 is 0 Å². The van der Waals surface area contributed by atoms with Gasteiger partial charge in [-0.2, -0.15) is 0 Å². The van der Waals surface area contributed by atoms with Gasteiger partial charge in [0.1, 0.15) is 6.04 Å². The summed E-state index contributed by atoms with van der Waals surface area (Å²) in [5.74, 6) is -0.384. The van der Waals surface area contributed by atoms with Gasteiger partial charge in [0.25, 0.3) is 5.91 Å². The fraction of sp³-hybridized carbons (Fsp3) is 0.222. The second kappa shape index (κ2) is 9.89. The highest BCUT2D eigenvalue weighted by Crippen LogP contribution is 2.35. The van der Waals surface area contributed by atoms with E-state index in [1.54, 1.807) is 42.5 Å². The Labute approximate surface area is 203 Å². The molecule has 35 heavy (non-hydrogen) atoms. The summed E-state index contributed by atoms with van der Waals surface area (Å²) in [6.07, 6.45) is -0.216. The molecule has 180 valence electrons. The Morgan fingerprint density at radius 2 is 1.69 bits per heavy atom. The zero-order valence-electron chi connectivity index (χ0n) is 20.0. The molecule has 0 bridgehead atoms. The van der Waals surface area contributed by atoms with Crippen molar-refractivity contribution in [2.75, 3.05) is 29.8 Å². The number of methoxy groups -OCH3 is 2. The summed E-state index contributed by atoms with van der Waals surface area (Å²) in [5.41, 5.74) is 4.09. The molecule has 0 saturated heterocycles. The molecule has 3 aromatic rings. The molecular formula is C27H27N3O5. The third-order valence-corrected chi connectivity index (χ3v) is 6.05. The van der Waals surface area contributed by atoms with Gasteiger partial charge >= 0.3 is 0 Å². The number of ether oxygens (including phenoxy) is 2. The van der Waals surface area contributed by atoms with Crippen molar-refractivity contribution in [2.45, 2.75) is 26.3 Å². The van der Waals surface area contributed by atoms with Crippen LogP contribution in [0, 0.1) is 13.8 Å². The molecule has 0 spiro atoms. The third kappa shape index (κ3) is 4.82. The smallest absolute Gasteiger partial charge is 0.259 e. The van der Waals surface area contributed by atoms with Crippen LogP contribution in [-0.2, 0) is 9.59 Å². The molecule has 2 N–H and O–H groups in total. The standard InChI is InChI=1S/C27H27N3O5/c1-16-9-11-19(13-17(16)2)28-25(31)15-22-26(32)29-20-7-5-6-8-21(20)30(22)27(33)18-10-12-23(34-3)24(14-18)35-4/h5-14,22H,15H2,1-4H3,(H,28,31)(H,29,32)/t22-/m1/s1. The predicted octanol–water partition coefficient (Wildman–Crippen LogP) is 4.32. The number of benzene rings is 3. The molecule has 1 aliphatic heterocycles. The fourth-order valence-electron chi connectivity index (χ4n) is 4.04. The summed E-state index contributed by atoms with van der Waals surface area (Å²) in [6, 6.07) is 16.3. The Morgan fingerprint density at radius 3 is 2.40 bits per heavy atom. The van der Waals surface area contributed by atoms with Gasteiger partial charge in [0.15, 0.2) is 11.5 Å². The van der Waals surface area contributed by atoms with Crippen LogP contribution in [0.5, 0.6) is 11.5 Å². The molecule has 0 aromatic heterocycles. The van der Waals surface area contributed by atoms with Gasteiger partial charge in [-0.1, -0.05) is 18.2 Å². The molecule has 1 aliphatic rings. The largest absolute Gasteiger partial charge is 0.493 e. The second-order valence-corrected chi connectivity index (χ2v) is 8.32. The van der Waals surface area contributed by atoms with Gasteiger partial charge < -0.3 is 20.1 Å². The molecule has 0 saturated carbocycles. The van der Waals surface area contributed by atoms with Crippen LogP contribution < -0.4 is 25.0 Å². The number of hydrogen-bond donors (Lipinski definition) is 2. The quantitative estimate of drug-likeness (QED) is 0.556. The minimum atomic E-state index is -1.04. The summed E-state index contributed by atoms with van der Waals surface area (Å²) in [6.45, 7) is 3.95. The number of rotatable bonds is 6. The molecule has 1 heterocycles. The first kappa shape index (κ1) is 23.8. The van der Waals surface area contributed by atoms with Crippen LogP contribution in [0.25, 0.3) is 0 Å². The van der Waals surface area contributed by atoms with Crippen LogP contribution in [0.4, 0.5) is 17.1 Å². The number of hydrogen-bond acceptors (Lipinski definition) is 5. The maximum Gasteiger partial charge on any atom is 0.259 e. The van der Waals surface area contributed by atoms with Crippen LogP contribution in [0.2, 0.25) is 0 Å². The van der Waals surface area contributed by atoms with Gasteiger partial charge in [-0.05, 0) is 67.4 Å². The van der Waals surface area contributed by atoms with E-state index in [9.17, 15) is 14.4 Å². The van der Waals surface area contributed by atoms with E-state index in [2.05, 4.69) is 10.6 Å². The first-order chi connectivity index (χ1) is 16.8. The van der Waals surface area contributed by atoms with Gasteiger partial charge in [0, 0.05) is 11.3 Å². The lowest BCUT2D eigenvalue weighted by molar-refractivity contribution is -0.122. The molecule has 4 rings (SSSR count). The van der Waals surface area contributed by atoms with Crippen molar-refractivity contribution in [3.05, 3.63) is 77.4 Å². The second-order valence-electron chi connectivity index (χ2n) is 8.32. The van der Waals surface area contributed by atoms with E-state index < -0.39 is 17.9 Å². The average Bonchev–Trinajstić information content (AvgIpc) is 2.85. The summed E-state index contributed by atoms with van der Waals surface area (Å²) >= 11 is 0. The number of anilines is 3. The first-order valence-electron chi connectivity index (χ1n) is 11.1. The monoisotopic (exact) mass is 473 g/mol. The zero-order valence-corrected chi connectivity index (χ0v) is 20.0. The molecule has 0 radical (unpaired) electrons. The topological polar surface area (TPSA) is 97.0 Å². The lowest BCUT2D eigenvalue weighted by atomic mass is 10.0. The molecule has 0 fully saturated rings. The van der Waals surface area contributed by atoms with Crippen LogP contribution >= 0.6 is 0 Å². The highest BCUT2D eigenvalue weighted by molar-refractivity contribution is 6.18. The van der Waals surface area contributed by atoms with Gasteiger partial charge in [-0.3, -0.25) is 19.3 Å². The Kier molecular flexibility index (Phi) is 6.73. The van der Waals surface area contributed by atoms with E-state index in [-0.39, 0.29) is 12.3 Å². The van der Waals surface area contributed by atoms with Crippen LogP contribution in [0.3, 0.4) is 0 Å². The SMILES string of the molecule is COc1ccc(C(=O)N2c3ccccc3NC(=O)[C@H]2CC(=O)Nc2ccc(C)c(C)c2)cc1OC. The molecule has 0 aliphatic carbocycles. The van der Waals surface area contributed by atoms with Crippen molar-refractivity contribution in [1.82, 2.24) is 0 Å². The number of carbonyl (C=O) groups excluding carboxylic acids is 3. The molecule has 0 unspecified atom stereocenters. The van der Waals surface area contributed by atoms with Crippen molar-refractivity contribution in [3.63, 3.8) is 0 Å². The minimum absolute atomic E-state index is 0.216. The normalized spacial score (nSPS) is 14.6. The van der Waals surface area contributed by atoms with Crippen LogP contribution in [0.15, 0.2) is 60.7 Å². The van der Waals surface area contributed by atoms with Crippen molar-refractivity contribution >= 4 is 34.8 Å². The van der Waals surface area contributed by atoms with E-state index in [4.69, 9.17) is 9.47 Å². The Balaban J connectivity index is 1.67. The van der Waals surface area contributed by atoms with E-state index in [1.807, 2.05) is 32.0 Å². The molecule has 1 atom stereocenters. The average molecular weight is 474 g/mol. The van der Waals surface area contributed by atoms with Crippen LogP contribution in [0.1, 0.15) is 27.9 Å². The van der Waals surface area contributed by atoms with Crippen LogP contribution in [-0.4, -0.2) is 38.0 Å². The van der Waals surface area contributed by atoms with E-state index in [0.717, 1.165) is 11.1 Å². The number of para-hydroxylation sites is 2. The van der Waals surface area contributed by atoms with Gasteiger partial charge in [-0.15, -0.1) is 0 Å². The maximum absolute atomic E-state index is 13.7. The predicted molar refractivity (Wildman–Crippen MR) is 134 cm³/mol. The van der Waals surface area contributed by atoms with Crippen molar-refractivity contribution < 1.29 is 23.9 Å². The fourth-order valence-corrected chi connectivity index (χ4v) is 4.04. The van der Waals surface area contributed by atoms with Gasteiger partial charge in [0.05, 0.1) is 32.0 Å². The zero-order chi connectivity index (χ0) is 25.1.